The topological polar surface area (TPSA) is 44.5 Å². The summed E-state index contributed by atoms with van der Waals surface area (Å²) in [5.41, 5.74) is -1.12. The number of hydrogen-bond acceptors (Lipinski definition) is 2. The van der Waals surface area contributed by atoms with E-state index in [1.165, 1.54) is 18.2 Å². The van der Waals surface area contributed by atoms with Crippen molar-refractivity contribution in [1.82, 2.24) is 5.32 Å². The molecule has 1 aromatic carbocycles. The van der Waals surface area contributed by atoms with E-state index >= 15 is 0 Å². The van der Waals surface area contributed by atoms with Gasteiger partial charge < -0.3 is 5.32 Å². The van der Waals surface area contributed by atoms with E-state index in [1.807, 2.05) is 0 Å². The lowest BCUT2D eigenvalue weighted by Crippen LogP contribution is -2.32. The summed E-state index contributed by atoms with van der Waals surface area (Å²) in [6.07, 6.45) is -0.619. The fourth-order valence-corrected chi connectivity index (χ4v) is 2.12. The molecule has 2 heterocycles. The predicted molar refractivity (Wildman–Crippen MR) is 83.1 cm³/mol. The van der Waals surface area contributed by atoms with E-state index in [4.69, 9.17) is 11.0 Å². The van der Waals surface area contributed by atoms with Gasteiger partial charge in [0.05, 0.1) is 14.0 Å². The third-order valence-corrected chi connectivity index (χ3v) is 3.11. The fourth-order valence-electron chi connectivity index (χ4n) is 2.12. The molecule has 0 saturated carbocycles. The zero-order chi connectivity index (χ0) is 22.4. The standard InChI is InChI=1S/C17H16FN3O/c1-11-6-7-15-20-12(2)16(21(15)10-11)17(22)19-9-13-4-3-5-14(18)8-13/h3-6,8,10H,7,9H2,1-2H3/p+1/i1D3,2D3,6D,7D. The Balaban J connectivity index is 2.02. The maximum atomic E-state index is 13.3. The number of nitrogens with one attached hydrogen (secondary N) is 1. The summed E-state index contributed by atoms with van der Waals surface area (Å²) in [7, 11) is 0. The zero-order valence-corrected chi connectivity index (χ0v) is 11.4. The number of amides is 1. The SMILES string of the molecule is [2H]C1=C(C([2H])([2H])[2H])C=[N+]2C(=NC(C([2H])([2H])[2H])=C2C(=O)NCc2cccc(F)c2)C1[2H]. The van der Waals surface area contributed by atoms with Gasteiger partial charge in [-0.1, -0.05) is 18.2 Å². The Labute approximate surface area is 139 Å². The van der Waals surface area contributed by atoms with Gasteiger partial charge >= 0.3 is 5.84 Å². The van der Waals surface area contributed by atoms with Gasteiger partial charge in [0.15, 0.2) is 0 Å². The van der Waals surface area contributed by atoms with Crippen LogP contribution in [0.1, 0.15) is 36.6 Å². The summed E-state index contributed by atoms with van der Waals surface area (Å²) < 4.78 is 76.1. The Hall–Kier alpha value is -2.56. The molecule has 0 aliphatic carbocycles. The third kappa shape index (κ3) is 2.74. The van der Waals surface area contributed by atoms with Gasteiger partial charge in [-0.2, -0.15) is 4.58 Å². The van der Waals surface area contributed by atoms with E-state index in [-0.39, 0.29) is 12.4 Å². The summed E-state index contributed by atoms with van der Waals surface area (Å²) in [6.45, 7) is -5.69. The van der Waals surface area contributed by atoms with Gasteiger partial charge in [-0.05, 0) is 35.1 Å². The van der Waals surface area contributed by atoms with Crippen molar-refractivity contribution in [2.75, 3.05) is 0 Å². The minimum absolute atomic E-state index is 0.118. The molecule has 1 N–H and O–H groups in total. The second kappa shape index (κ2) is 5.67. The van der Waals surface area contributed by atoms with Gasteiger partial charge in [-0.15, -0.1) is 0 Å². The summed E-state index contributed by atoms with van der Waals surface area (Å²) in [5, 5.41) is 2.47. The van der Waals surface area contributed by atoms with Gasteiger partial charge in [0.25, 0.3) is 5.91 Å². The maximum Gasteiger partial charge on any atom is 0.308 e. The number of aliphatic imine (C=N–C) groups is 1. The third-order valence-electron chi connectivity index (χ3n) is 3.11. The van der Waals surface area contributed by atoms with Crippen molar-refractivity contribution in [3.8, 4) is 0 Å². The van der Waals surface area contributed by atoms with Crippen molar-refractivity contribution < 1.29 is 24.7 Å². The molecule has 1 atom stereocenters. The molecule has 2 aliphatic rings. The molecule has 1 amide bonds. The Bertz CT molecular complexity index is 1040. The van der Waals surface area contributed by atoms with Gasteiger partial charge in [-0.25, -0.2) is 4.39 Å². The fraction of sp³-hybridized carbons (Fsp3) is 0.235. The number of nitrogens with zero attached hydrogens (tertiary/aromatic N) is 2. The van der Waals surface area contributed by atoms with E-state index in [2.05, 4.69) is 10.3 Å². The van der Waals surface area contributed by atoms with Gasteiger partial charge in [0.1, 0.15) is 5.82 Å². The largest absolute Gasteiger partial charge is 0.345 e. The molecule has 22 heavy (non-hydrogen) atoms. The smallest absolute Gasteiger partial charge is 0.308 e. The lowest BCUT2D eigenvalue weighted by atomic mass is 10.2. The van der Waals surface area contributed by atoms with Crippen LogP contribution in [0, 0.1) is 5.82 Å². The highest BCUT2D eigenvalue weighted by Gasteiger charge is 2.35. The number of carbonyl (C=O) groups excluding carboxylic acids is 1. The lowest BCUT2D eigenvalue weighted by Gasteiger charge is -2.09. The number of amidine groups is 1. The van der Waals surface area contributed by atoms with Crippen LogP contribution < -0.4 is 5.32 Å². The van der Waals surface area contributed by atoms with Crippen molar-refractivity contribution in [3.05, 3.63) is 58.7 Å². The number of benzene rings is 1. The highest BCUT2D eigenvalue weighted by atomic mass is 19.1. The average Bonchev–Trinajstić information content (AvgIpc) is 3.02. The van der Waals surface area contributed by atoms with Crippen LogP contribution >= 0.6 is 0 Å². The number of hydrogen-bond donors (Lipinski definition) is 1. The minimum atomic E-state index is -2.83. The van der Waals surface area contributed by atoms with Crippen molar-refractivity contribution in [2.45, 2.75) is 26.6 Å². The van der Waals surface area contributed by atoms with Crippen LogP contribution in [0.3, 0.4) is 0 Å². The monoisotopic (exact) mass is 306 g/mol. The van der Waals surface area contributed by atoms with Crippen LogP contribution in [0.2, 0.25) is 0 Å². The summed E-state index contributed by atoms with van der Waals surface area (Å²) in [6, 6.07) is 4.90. The first-order valence-electron chi connectivity index (χ1n) is 10.5. The van der Waals surface area contributed by atoms with E-state index < -0.39 is 54.8 Å². The zero-order valence-electron chi connectivity index (χ0n) is 19.4. The maximum absolute atomic E-state index is 13.3. The van der Waals surface area contributed by atoms with Crippen LogP contribution in [-0.4, -0.2) is 22.5 Å². The number of halogens is 1. The molecule has 0 spiro atoms. The predicted octanol–water partition coefficient (Wildman–Crippen LogP) is 2.52. The molecule has 0 saturated heterocycles. The first kappa shape index (κ1) is 7.63. The molecule has 1 aromatic rings. The highest BCUT2D eigenvalue weighted by molar-refractivity contribution is 6.00. The van der Waals surface area contributed by atoms with Crippen molar-refractivity contribution >= 4 is 18.0 Å². The lowest BCUT2D eigenvalue weighted by molar-refractivity contribution is -0.337. The molecule has 1 unspecified atom stereocenters. The number of rotatable bonds is 3. The summed E-state index contributed by atoms with van der Waals surface area (Å²) in [4.78, 5) is 16.7. The second-order valence-electron chi connectivity index (χ2n) is 4.68. The van der Waals surface area contributed by atoms with Gasteiger partial charge in [0.2, 0.25) is 11.4 Å². The average molecular weight is 306 g/mol. The Kier molecular flexibility index (Phi) is 1.97. The van der Waals surface area contributed by atoms with Crippen molar-refractivity contribution in [3.63, 3.8) is 0 Å². The molecule has 5 heteroatoms. The number of fused-ring (bicyclic) bond motifs is 1. The first-order valence-corrected chi connectivity index (χ1v) is 6.44. The number of carbonyl (C=O) groups is 1. The molecular formula is C17H17FN3O+. The Morgan fingerprint density at radius 1 is 1.59 bits per heavy atom. The van der Waals surface area contributed by atoms with Crippen molar-refractivity contribution in [1.29, 1.82) is 0 Å². The van der Waals surface area contributed by atoms with Gasteiger partial charge in [-0.3, -0.25) is 4.79 Å². The molecule has 0 bridgehead atoms. The molecule has 4 nitrogen and oxygen atoms in total. The van der Waals surface area contributed by atoms with Crippen LogP contribution in [0.5, 0.6) is 0 Å². The molecule has 0 fully saturated rings. The molecule has 3 rings (SSSR count). The van der Waals surface area contributed by atoms with E-state index in [0.29, 0.717) is 5.56 Å². The van der Waals surface area contributed by atoms with Gasteiger partial charge in [0, 0.05) is 23.0 Å². The van der Waals surface area contributed by atoms with Crippen molar-refractivity contribution in [2.24, 2.45) is 4.99 Å². The highest BCUT2D eigenvalue weighted by Crippen LogP contribution is 2.21. The van der Waals surface area contributed by atoms with E-state index in [0.717, 1.165) is 10.8 Å². The van der Waals surface area contributed by atoms with Crippen LogP contribution in [-0.2, 0) is 11.3 Å². The Morgan fingerprint density at radius 3 is 3.27 bits per heavy atom. The second-order valence-corrected chi connectivity index (χ2v) is 4.68. The molecule has 0 radical (unpaired) electrons. The molecule has 2 aliphatic heterocycles. The van der Waals surface area contributed by atoms with Crippen LogP contribution in [0.4, 0.5) is 4.39 Å². The Morgan fingerprint density at radius 2 is 2.50 bits per heavy atom. The number of allylic oxidation sites excluding steroid dienone is 2. The summed E-state index contributed by atoms with van der Waals surface area (Å²) in [5.74, 6) is -1.63. The molecule has 0 aromatic heterocycles. The van der Waals surface area contributed by atoms with Crippen LogP contribution in [0.25, 0.3) is 0 Å². The quantitative estimate of drug-likeness (QED) is 0.857. The molecular weight excluding hydrogens is 281 g/mol. The summed E-state index contributed by atoms with van der Waals surface area (Å²) >= 11 is 0. The first-order chi connectivity index (χ1) is 13.8. The minimum Gasteiger partial charge on any atom is -0.345 e. The normalized spacial score (nSPS) is 27.0. The van der Waals surface area contributed by atoms with E-state index in [1.54, 1.807) is 6.07 Å². The van der Waals surface area contributed by atoms with Crippen LogP contribution in [0.15, 0.2) is 52.3 Å². The van der Waals surface area contributed by atoms with E-state index in [9.17, 15) is 9.18 Å². The molecule has 112 valence electrons.